The molecular formula is C14H18N2O2. The molecule has 1 aromatic carbocycles. The van der Waals surface area contributed by atoms with E-state index in [0.717, 1.165) is 37.4 Å². The Morgan fingerprint density at radius 1 is 1.50 bits per heavy atom. The number of hydrogen-bond acceptors (Lipinski definition) is 3. The molecule has 1 saturated heterocycles. The standard InChI is InChI=1S/C14H18N2O2/c1-9-12(4-6-15-9)14(17)16-11-2-3-13-10(8-11)5-7-18-13/h2-3,8-9,12,15H,4-7H2,1H3,(H,16,17). The summed E-state index contributed by atoms with van der Waals surface area (Å²) in [6.45, 7) is 3.74. The molecule has 2 aliphatic rings. The summed E-state index contributed by atoms with van der Waals surface area (Å²) in [6.07, 6.45) is 1.85. The van der Waals surface area contributed by atoms with Crippen LogP contribution in [-0.2, 0) is 11.2 Å². The van der Waals surface area contributed by atoms with Crippen LogP contribution in [0, 0.1) is 5.92 Å². The quantitative estimate of drug-likeness (QED) is 0.832. The van der Waals surface area contributed by atoms with Gasteiger partial charge in [0.25, 0.3) is 0 Å². The summed E-state index contributed by atoms with van der Waals surface area (Å²) in [5, 5.41) is 6.31. The zero-order valence-corrected chi connectivity index (χ0v) is 10.5. The van der Waals surface area contributed by atoms with Gasteiger partial charge in [0.2, 0.25) is 5.91 Å². The zero-order valence-electron chi connectivity index (χ0n) is 10.5. The summed E-state index contributed by atoms with van der Waals surface area (Å²) < 4.78 is 5.45. The van der Waals surface area contributed by atoms with Gasteiger partial charge in [0.1, 0.15) is 5.75 Å². The second-order valence-corrected chi connectivity index (χ2v) is 5.05. The number of fused-ring (bicyclic) bond motifs is 1. The minimum atomic E-state index is 0.0782. The lowest BCUT2D eigenvalue weighted by Crippen LogP contribution is -2.32. The van der Waals surface area contributed by atoms with E-state index >= 15 is 0 Å². The predicted molar refractivity (Wildman–Crippen MR) is 69.8 cm³/mol. The van der Waals surface area contributed by atoms with Gasteiger partial charge in [-0.1, -0.05) is 0 Å². The van der Waals surface area contributed by atoms with Gasteiger partial charge in [0, 0.05) is 18.2 Å². The van der Waals surface area contributed by atoms with E-state index in [4.69, 9.17) is 4.74 Å². The molecule has 0 aliphatic carbocycles. The Labute approximate surface area is 107 Å². The Morgan fingerprint density at radius 3 is 3.17 bits per heavy atom. The molecule has 4 nitrogen and oxygen atoms in total. The van der Waals surface area contributed by atoms with Crippen molar-refractivity contribution < 1.29 is 9.53 Å². The van der Waals surface area contributed by atoms with Gasteiger partial charge in [0.15, 0.2) is 0 Å². The molecule has 3 rings (SSSR count). The maximum atomic E-state index is 12.1. The van der Waals surface area contributed by atoms with Crippen molar-refractivity contribution in [1.29, 1.82) is 0 Å². The van der Waals surface area contributed by atoms with Crippen LogP contribution in [0.2, 0.25) is 0 Å². The van der Waals surface area contributed by atoms with Crippen molar-refractivity contribution in [3.05, 3.63) is 23.8 Å². The van der Waals surface area contributed by atoms with Gasteiger partial charge >= 0.3 is 0 Å². The molecule has 0 aromatic heterocycles. The van der Waals surface area contributed by atoms with Gasteiger partial charge in [-0.25, -0.2) is 0 Å². The second-order valence-electron chi connectivity index (χ2n) is 5.05. The van der Waals surface area contributed by atoms with Crippen molar-refractivity contribution in [1.82, 2.24) is 5.32 Å². The third-order valence-electron chi connectivity index (χ3n) is 3.82. The fourth-order valence-corrected chi connectivity index (χ4v) is 2.72. The molecule has 2 aliphatic heterocycles. The summed E-state index contributed by atoms with van der Waals surface area (Å²) in [5.74, 6) is 1.14. The summed E-state index contributed by atoms with van der Waals surface area (Å²) in [4.78, 5) is 12.1. The van der Waals surface area contributed by atoms with Crippen LogP contribution < -0.4 is 15.4 Å². The average Bonchev–Trinajstić information content (AvgIpc) is 2.96. The SMILES string of the molecule is CC1NCCC1C(=O)Nc1ccc2c(c1)CCO2. The fraction of sp³-hybridized carbons (Fsp3) is 0.500. The van der Waals surface area contributed by atoms with Gasteiger partial charge in [-0.3, -0.25) is 4.79 Å². The Balaban J connectivity index is 1.71. The molecule has 1 aromatic rings. The minimum Gasteiger partial charge on any atom is -0.493 e. The first-order valence-electron chi connectivity index (χ1n) is 6.54. The molecule has 0 radical (unpaired) electrons. The molecule has 18 heavy (non-hydrogen) atoms. The summed E-state index contributed by atoms with van der Waals surface area (Å²) in [7, 11) is 0. The van der Waals surface area contributed by atoms with E-state index in [-0.39, 0.29) is 17.9 Å². The maximum Gasteiger partial charge on any atom is 0.229 e. The smallest absolute Gasteiger partial charge is 0.229 e. The van der Waals surface area contributed by atoms with E-state index in [1.807, 2.05) is 18.2 Å². The van der Waals surface area contributed by atoms with Crippen molar-refractivity contribution in [3.8, 4) is 5.75 Å². The molecule has 2 unspecified atom stereocenters. The number of hydrogen-bond donors (Lipinski definition) is 2. The Kier molecular flexibility index (Phi) is 2.96. The highest BCUT2D eigenvalue weighted by Gasteiger charge is 2.29. The number of ether oxygens (including phenoxy) is 1. The minimum absolute atomic E-state index is 0.0782. The number of amides is 1. The van der Waals surface area contributed by atoms with Gasteiger partial charge in [-0.05, 0) is 43.7 Å². The third-order valence-corrected chi connectivity index (χ3v) is 3.82. The lowest BCUT2D eigenvalue weighted by Gasteiger charge is -2.15. The average molecular weight is 246 g/mol. The topological polar surface area (TPSA) is 50.4 Å². The molecule has 2 heterocycles. The first kappa shape index (κ1) is 11.5. The van der Waals surface area contributed by atoms with Crippen molar-refractivity contribution in [2.75, 3.05) is 18.5 Å². The molecular weight excluding hydrogens is 228 g/mol. The molecule has 4 heteroatoms. The molecule has 96 valence electrons. The van der Waals surface area contributed by atoms with Crippen molar-refractivity contribution in [2.45, 2.75) is 25.8 Å². The summed E-state index contributed by atoms with van der Waals surface area (Å²) >= 11 is 0. The summed E-state index contributed by atoms with van der Waals surface area (Å²) in [6, 6.07) is 6.14. The van der Waals surface area contributed by atoms with E-state index in [2.05, 4.69) is 17.6 Å². The lowest BCUT2D eigenvalue weighted by molar-refractivity contribution is -0.119. The maximum absolute atomic E-state index is 12.1. The van der Waals surface area contributed by atoms with Crippen molar-refractivity contribution >= 4 is 11.6 Å². The number of rotatable bonds is 2. The van der Waals surface area contributed by atoms with Gasteiger partial charge in [-0.2, -0.15) is 0 Å². The molecule has 1 fully saturated rings. The second kappa shape index (κ2) is 4.61. The van der Waals surface area contributed by atoms with Crippen molar-refractivity contribution in [3.63, 3.8) is 0 Å². The third kappa shape index (κ3) is 2.08. The number of anilines is 1. The van der Waals surface area contributed by atoms with Gasteiger partial charge < -0.3 is 15.4 Å². The molecule has 0 bridgehead atoms. The molecule has 2 atom stereocenters. The van der Waals surface area contributed by atoms with Crippen LogP contribution in [0.15, 0.2) is 18.2 Å². The predicted octanol–water partition coefficient (Wildman–Crippen LogP) is 1.56. The Morgan fingerprint density at radius 2 is 2.39 bits per heavy atom. The first-order valence-corrected chi connectivity index (χ1v) is 6.54. The normalized spacial score (nSPS) is 25.6. The molecule has 0 spiro atoms. The molecule has 1 amide bonds. The van der Waals surface area contributed by atoms with E-state index in [0.29, 0.717) is 0 Å². The van der Waals surface area contributed by atoms with E-state index in [1.165, 1.54) is 5.56 Å². The first-order chi connectivity index (χ1) is 8.74. The fourth-order valence-electron chi connectivity index (χ4n) is 2.72. The molecule has 2 N–H and O–H groups in total. The number of carbonyl (C=O) groups excluding carboxylic acids is 1. The van der Waals surface area contributed by atoms with Crippen LogP contribution >= 0.6 is 0 Å². The Hall–Kier alpha value is -1.55. The number of benzene rings is 1. The Bertz CT molecular complexity index is 473. The van der Waals surface area contributed by atoms with Crippen LogP contribution in [0.1, 0.15) is 18.9 Å². The summed E-state index contributed by atoms with van der Waals surface area (Å²) in [5.41, 5.74) is 2.06. The largest absolute Gasteiger partial charge is 0.493 e. The zero-order chi connectivity index (χ0) is 12.5. The van der Waals surface area contributed by atoms with Gasteiger partial charge in [0.05, 0.1) is 12.5 Å². The van der Waals surface area contributed by atoms with Gasteiger partial charge in [-0.15, -0.1) is 0 Å². The van der Waals surface area contributed by atoms with Crippen molar-refractivity contribution in [2.24, 2.45) is 5.92 Å². The van der Waals surface area contributed by atoms with Crippen LogP contribution in [-0.4, -0.2) is 25.1 Å². The van der Waals surface area contributed by atoms with Crippen LogP contribution in [0.3, 0.4) is 0 Å². The van der Waals surface area contributed by atoms with E-state index in [9.17, 15) is 4.79 Å². The highest BCUT2D eigenvalue weighted by molar-refractivity contribution is 5.93. The highest BCUT2D eigenvalue weighted by atomic mass is 16.5. The van der Waals surface area contributed by atoms with E-state index in [1.54, 1.807) is 0 Å². The van der Waals surface area contributed by atoms with Crippen LogP contribution in [0.5, 0.6) is 5.75 Å². The highest BCUT2D eigenvalue weighted by Crippen LogP contribution is 2.28. The number of carbonyl (C=O) groups is 1. The lowest BCUT2D eigenvalue weighted by atomic mass is 10.0. The van der Waals surface area contributed by atoms with Crippen LogP contribution in [0.25, 0.3) is 0 Å². The monoisotopic (exact) mass is 246 g/mol. The number of nitrogens with one attached hydrogen (secondary N) is 2. The van der Waals surface area contributed by atoms with Crippen LogP contribution in [0.4, 0.5) is 5.69 Å². The van der Waals surface area contributed by atoms with E-state index < -0.39 is 0 Å². The molecule has 0 saturated carbocycles.